The van der Waals surface area contributed by atoms with E-state index in [0.29, 0.717) is 11.8 Å². The van der Waals surface area contributed by atoms with Crippen molar-refractivity contribution in [3.8, 4) is 0 Å². The molecule has 0 spiro atoms. The Morgan fingerprint density at radius 3 is 1.92 bits per heavy atom. The van der Waals surface area contributed by atoms with Gasteiger partial charge in [-0.15, -0.1) is 0 Å². The van der Waals surface area contributed by atoms with Crippen LogP contribution >= 0.6 is 0 Å². The van der Waals surface area contributed by atoms with Crippen LogP contribution in [0.25, 0.3) is 5.76 Å². The number of aliphatic hydroxyl groups is 1. The van der Waals surface area contributed by atoms with Crippen LogP contribution in [-0.4, -0.2) is 14.4 Å². The van der Waals surface area contributed by atoms with Crippen LogP contribution < -0.4 is 0 Å². The maximum Gasteiger partial charge on any atom is 0.368 e. The van der Waals surface area contributed by atoms with Gasteiger partial charge in [-0.05, 0) is 23.0 Å². The molecule has 2 aromatic rings. The minimum Gasteiger partial charge on any atom is -0.648 e. The molecule has 0 saturated carbocycles. The summed E-state index contributed by atoms with van der Waals surface area (Å²) in [6.45, 7) is 8.87. The van der Waals surface area contributed by atoms with Crippen molar-refractivity contribution in [1.29, 1.82) is 0 Å². The minimum absolute atomic E-state index is 0.106. The molecule has 2 nitrogen and oxygen atoms in total. The first kappa shape index (κ1) is 17.0. The van der Waals surface area contributed by atoms with Gasteiger partial charge in [0.05, 0.1) is 5.76 Å². The largest absolute Gasteiger partial charge is 0.648 e. The topological polar surface area (TPSA) is 22.0 Å². The highest BCUT2D eigenvalue weighted by molar-refractivity contribution is 6.20. The molecule has 0 aliphatic carbocycles. The summed E-state index contributed by atoms with van der Waals surface area (Å²) in [6, 6.07) is 17.5. The third-order valence-corrected chi connectivity index (χ3v) is 5.32. The van der Waals surface area contributed by atoms with Crippen molar-refractivity contribution >= 4 is 15.8 Å². The highest BCUT2D eigenvalue weighted by Crippen LogP contribution is 2.29. The summed E-state index contributed by atoms with van der Waals surface area (Å²) >= 11 is 0. The molecule has 1 aliphatic heterocycles. The molecule has 3 heteroatoms. The fourth-order valence-electron chi connectivity index (χ4n) is 2.84. The lowest BCUT2D eigenvalue weighted by atomic mass is 9.98. The van der Waals surface area contributed by atoms with E-state index in [9.17, 15) is 0 Å². The van der Waals surface area contributed by atoms with Crippen LogP contribution in [0.1, 0.15) is 67.9 Å². The summed E-state index contributed by atoms with van der Waals surface area (Å²) in [7, 11) is -0.356. The van der Waals surface area contributed by atoms with E-state index < -0.39 is 0 Å². The van der Waals surface area contributed by atoms with Crippen molar-refractivity contribution in [2.45, 2.75) is 45.6 Å². The standard InChI is InChI=1S/C21H26O2Si/c1-14(2)16-5-9-18(10-6-16)20-13-21(23-24-22-20)19-11-7-17(8-12-19)15(3)4/h5-15,20,22,24H,1-4H3. The van der Waals surface area contributed by atoms with E-state index in [1.54, 1.807) is 0 Å². The van der Waals surface area contributed by atoms with Crippen molar-refractivity contribution < 1.29 is 8.85 Å². The Balaban J connectivity index is 1.82. The quantitative estimate of drug-likeness (QED) is 0.577. The highest BCUT2D eigenvalue weighted by Gasteiger charge is 2.18. The summed E-state index contributed by atoms with van der Waals surface area (Å²) in [5.41, 5.74) is 5.11. The molecular formula is C21H26O2Si. The number of benzene rings is 2. The molecule has 1 aliphatic rings. The maximum atomic E-state index is 5.86. The number of rotatable bonds is 4. The molecule has 126 valence electrons. The van der Waals surface area contributed by atoms with E-state index in [4.69, 9.17) is 4.43 Å². The summed E-state index contributed by atoms with van der Waals surface area (Å²) in [5.74, 6) is 2.07. The van der Waals surface area contributed by atoms with Gasteiger partial charge in [-0.1, -0.05) is 76.2 Å². The first-order valence-electron chi connectivity index (χ1n) is 8.65. The van der Waals surface area contributed by atoms with Gasteiger partial charge < -0.3 is 8.85 Å². The fourth-order valence-corrected chi connectivity index (χ4v) is 3.61. The molecule has 2 aromatic carbocycles. The van der Waals surface area contributed by atoms with E-state index in [-0.39, 0.29) is 16.1 Å². The molecule has 0 fully saturated rings. The van der Waals surface area contributed by atoms with Crippen LogP contribution in [0.5, 0.6) is 0 Å². The molecule has 1 heterocycles. The van der Waals surface area contributed by atoms with Crippen LogP contribution in [0.2, 0.25) is 0 Å². The molecule has 0 aromatic heterocycles. The summed E-state index contributed by atoms with van der Waals surface area (Å²) in [6.07, 6.45) is 2.25. The van der Waals surface area contributed by atoms with Crippen LogP contribution in [-0.2, 0) is 4.43 Å². The van der Waals surface area contributed by atoms with Crippen molar-refractivity contribution in [3.05, 3.63) is 76.9 Å². The molecule has 3 rings (SSSR count). The Kier molecular flexibility index (Phi) is 5.22. The minimum atomic E-state index is -0.356. The van der Waals surface area contributed by atoms with Crippen molar-refractivity contribution in [1.82, 2.24) is 0 Å². The highest BCUT2D eigenvalue weighted by atomic mass is 28.3. The summed E-state index contributed by atoms with van der Waals surface area (Å²) in [4.78, 5) is 0. The fraction of sp³-hybridized carbons (Fsp3) is 0.333. The van der Waals surface area contributed by atoms with Gasteiger partial charge in [-0.25, -0.2) is 0 Å². The Hall–Kier alpha value is -1.84. The van der Waals surface area contributed by atoms with Crippen molar-refractivity contribution in [2.75, 3.05) is 0 Å². The smallest absolute Gasteiger partial charge is 0.368 e. The number of hydrogen-bond acceptors (Lipinski definition) is 1. The van der Waals surface area contributed by atoms with Crippen LogP contribution in [0.3, 0.4) is 0 Å². The molecule has 0 amide bonds. The van der Waals surface area contributed by atoms with Crippen molar-refractivity contribution in [3.63, 3.8) is 0 Å². The molecule has 0 radical (unpaired) electrons. The zero-order valence-electron chi connectivity index (χ0n) is 14.9. The van der Waals surface area contributed by atoms with Gasteiger partial charge in [0, 0.05) is 17.2 Å². The van der Waals surface area contributed by atoms with Crippen LogP contribution in [0.15, 0.2) is 54.6 Å². The van der Waals surface area contributed by atoms with E-state index in [1.807, 2.05) is 0 Å². The summed E-state index contributed by atoms with van der Waals surface area (Å²) in [5, 5.41) is 0. The van der Waals surface area contributed by atoms with Gasteiger partial charge in [0.15, 0.2) is 6.10 Å². The molecule has 1 atom stereocenters. The van der Waals surface area contributed by atoms with Crippen molar-refractivity contribution in [2.24, 2.45) is 0 Å². The predicted molar refractivity (Wildman–Crippen MR) is 102 cm³/mol. The third-order valence-electron chi connectivity index (χ3n) is 4.52. The zero-order valence-corrected chi connectivity index (χ0v) is 16.0. The second-order valence-electron chi connectivity index (χ2n) is 6.95. The molecule has 0 bridgehead atoms. The summed E-state index contributed by atoms with van der Waals surface area (Å²) < 4.78 is 10.5. The zero-order chi connectivity index (χ0) is 17.1. The SMILES string of the molecule is CC(C)c1ccc(C2=CC(c3ccc(C(C)C)cc3)[OH+][SiH-]O2)cc1. The second-order valence-corrected chi connectivity index (χ2v) is 7.69. The van der Waals surface area contributed by atoms with Gasteiger partial charge in [0.25, 0.3) is 0 Å². The maximum absolute atomic E-state index is 5.86. The van der Waals surface area contributed by atoms with E-state index in [1.165, 1.54) is 16.7 Å². The lowest BCUT2D eigenvalue weighted by molar-refractivity contribution is 0.0526. The first-order valence-corrected chi connectivity index (χ1v) is 9.63. The average molecular weight is 339 g/mol. The van der Waals surface area contributed by atoms with Gasteiger partial charge in [-0.3, -0.25) is 0 Å². The predicted octanol–water partition coefficient (Wildman–Crippen LogP) is 4.84. The Bertz CT molecular complexity index is 700. The van der Waals surface area contributed by atoms with E-state index in [2.05, 4.69) is 86.7 Å². The van der Waals surface area contributed by atoms with Gasteiger partial charge in [0.1, 0.15) is 0 Å². The second kappa shape index (κ2) is 7.37. The normalized spacial score (nSPS) is 17.8. The Morgan fingerprint density at radius 2 is 1.38 bits per heavy atom. The number of hydrogen-bond donors (Lipinski definition) is 0. The van der Waals surface area contributed by atoms with Gasteiger partial charge >= 0.3 is 10.0 Å². The monoisotopic (exact) mass is 338 g/mol. The molecule has 1 N–H and O–H groups in total. The Labute approximate surface area is 147 Å². The molecule has 1 unspecified atom stereocenters. The van der Waals surface area contributed by atoms with E-state index >= 15 is 0 Å². The van der Waals surface area contributed by atoms with E-state index in [0.717, 1.165) is 11.3 Å². The molecule has 24 heavy (non-hydrogen) atoms. The average Bonchev–Trinajstić information content (AvgIpc) is 2.62. The van der Waals surface area contributed by atoms with Gasteiger partial charge in [-0.2, -0.15) is 0 Å². The van der Waals surface area contributed by atoms with Crippen LogP contribution in [0, 0.1) is 0 Å². The molecular weight excluding hydrogens is 312 g/mol. The lowest BCUT2D eigenvalue weighted by Gasteiger charge is -2.28. The Morgan fingerprint density at radius 1 is 0.833 bits per heavy atom. The first-order chi connectivity index (χ1) is 11.5. The molecule has 0 saturated heterocycles. The van der Waals surface area contributed by atoms with Gasteiger partial charge in [0.2, 0.25) is 0 Å². The lowest BCUT2D eigenvalue weighted by Crippen LogP contribution is -2.19. The van der Waals surface area contributed by atoms with Crippen LogP contribution in [0.4, 0.5) is 0 Å². The third kappa shape index (κ3) is 3.79.